The van der Waals surface area contributed by atoms with Gasteiger partial charge in [-0.05, 0) is 40.4 Å². The lowest BCUT2D eigenvalue weighted by Crippen LogP contribution is -2.29. The second-order valence-corrected chi connectivity index (χ2v) is 4.77. The molecule has 0 aliphatic rings. The van der Waals surface area contributed by atoms with Gasteiger partial charge in [0.1, 0.15) is 5.76 Å². The number of hydrogen-bond donors (Lipinski definition) is 2. The van der Waals surface area contributed by atoms with Gasteiger partial charge in [-0.25, -0.2) is 5.43 Å². The van der Waals surface area contributed by atoms with Gasteiger partial charge in [-0.15, -0.1) is 0 Å². The third-order valence-corrected chi connectivity index (χ3v) is 2.98. The SMILES string of the molecule is CCCC(C)CC(NN)c1ccc(Br)o1. The van der Waals surface area contributed by atoms with Crippen LogP contribution in [-0.2, 0) is 0 Å². The first-order valence-electron chi connectivity index (χ1n) is 5.38. The minimum absolute atomic E-state index is 0.109. The molecule has 0 bridgehead atoms. The summed E-state index contributed by atoms with van der Waals surface area (Å²) in [5.41, 5.74) is 2.81. The predicted molar refractivity (Wildman–Crippen MR) is 65.2 cm³/mol. The van der Waals surface area contributed by atoms with Crippen molar-refractivity contribution >= 4 is 15.9 Å². The van der Waals surface area contributed by atoms with Crippen LogP contribution < -0.4 is 11.3 Å². The van der Waals surface area contributed by atoms with Gasteiger partial charge in [0, 0.05) is 0 Å². The molecule has 1 aromatic heterocycles. The van der Waals surface area contributed by atoms with Crippen LogP contribution in [0.3, 0.4) is 0 Å². The van der Waals surface area contributed by atoms with Gasteiger partial charge in [-0.1, -0.05) is 26.7 Å². The third-order valence-electron chi connectivity index (χ3n) is 2.56. The van der Waals surface area contributed by atoms with Crippen LogP contribution in [0.1, 0.15) is 44.9 Å². The highest BCUT2D eigenvalue weighted by Crippen LogP contribution is 2.26. The molecule has 2 atom stereocenters. The van der Waals surface area contributed by atoms with E-state index in [9.17, 15) is 0 Å². The van der Waals surface area contributed by atoms with E-state index >= 15 is 0 Å². The molecule has 1 rings (SSSR count). The van der Waals surface area contributed by atoms with E-state index in [2.05, 4.69) is 35.2 Å². The Bertz CT molecular complexity index is 288. The van der Waals surface area contributed by atoms with E-state index in [1.54, 1.807) is 0 Å². The molecule has 0 aliphatic carbocycles. The molecule has 0 aliphatic heterocycles. The maximum Gasteiger partial charge on any atom is 0.169 e. The Labute approximate surface area is 99.5 Å². The molecule has 2 unspecified atom stereocenters. The maximum atomic E-state index is 5.53. The quantitative estimate of drug-likeness (QED) is 0.618. The summed E-state index contributed by atoms with van der Waals surface area (Å²) in [4.78, 5) is 0. The zero-order chi connectivity index (χ0) is 11.3. The number of nitrogens with two attached hydrogens (primary N) is 1. The fourth-order valence-electron chi connectivity index (χ4n) is 1.79. The monoisotopic (exact) mass is 274 g/mol. The highest BCUT2D eigenvalue weighted by Gasteiger charge is 2.16. The molecule has 0 fully saturated rings. The van der Waals surface area contributed by atoms with E-state index in [4.69, 9.17) is 10.3 Å². The largest absolute Gasteiger partial charge is 0.453 e. The molecule has 86 valence electrons. The minimum atomic E-state index is 0.109. The molecular formula is C11H19BrN2O. The summed E-state index contributed by atoms with van der Waals surface area (Å²) in [6.45, 7) is 4.44. The highest BCUT2D eigenvalue weighted by molar-refractivity contribution is 9.10. The van der Waals surface area contributed by atoms with Crippen molar-refractivity contribution in [3.63, 3.8) is 0 Å². The lowest BCUT2D eigenvalue weighted by Gasteiger charge is -2.17. The van der Waals surface area contributed by atoms with E-state index in [1.165, 1.54) is 12.8 Å². The smallest absolute Gasteiger partial charge is 0.169 e. The molecule has 3 nitrogen and oxygen atoms in total. The van der Waals surface area contributed by atoms with Gasteiger partial charge in [0.05, 0.1) is 6.04 Å². The maximum absolute atomic E-state index is 5.53. The summed E-state index contributed by atoms with van der Waals surface area (Å²) < 4.78 is 6.24. The van der Waals surface area contributed by atoms with Crippen LogP contribution >= 0.6 is 15.9 Å². The number of halogens is 1. The van der Waals surface area contributed by atoms with Crippen LogP contribution in [0.15, 0.2) is 21.2 Å². The summed E-state index contributed by atoms with van der Waals surface area (Å²) in [5.74, 6) is 7.08. The Balaban J connectivity index is 2.56. The van der Waals surface area contributed by atoms with Crippen molar-refractivity contribution in [1.82, 2.24) is 5.43 Å². The van der Waals surface area contributed by atoms with E-state index in [-0.39, 0.29) is 6.04 Å². The fraction of sp³-hybridized carbons (Fsp3) is 0.636. The zero-order valence-corrected chi connectivity index (χ0v) is 10.9. The van der Waals surface area contributed by atoms with Gasteiger partial charge >= 0.3 is 0 Å². The van der Waals surface area contributed by atoms with Crippen molar-refractivity contribution in [2.75, 3.05) is 0 Å². The van der Waals surface area contributed by atoms with Crippen molar-refractivity contribution in [2.24, 2.45) is 11.8 Å². The summed E-state index contributed by atoms with van der Waals surface area (Å²) in [6.07, 6.45) is 3.44. The van der Waals surface area contributed by atoms with Crippen LogP contribution in [0.2, 0.25) is 0 Å². The number of nitrogens with one attached hydrogen (secondary N) is 1. The van der Waals surface area contributed by atoms with Crippen molar-refractivity contribution in [3.05, 3.63) is 22.6 Å². The molecular weight excluding hydrogens is 256 g/mol. The van der Waals surface area contributed by atoms with Crippen LogP contribution in [0.5, 0.6) is 0 Å². The number of rotatable bonds is 6. The molecule has 0 amide bonds. The Morgan fingerprint density at radius 2 is 2.27 bits per heavy atom. The average molecular weight is 275 g/mol. The summed E-state index contributed by atoms with van der Waals surface area (Å²) >= 11 is 3.29. The van der Waals surface area contributed by atoms with Gasteiger partial charge < -0.3 is 4.42 Å². The zero-order valence-electron chi connectivity index (χ0n) is 9.29. The lowest BCUT2D eigenvalue weighted by molar-refractivity contribution is 0.339. The van der Waals surface area contributed by atoms with Crippen LogP contribution in [0.25, 0.3) is 0 Å². The van der Waals surface area contributed by atoms with Crippen molar-refractivity contribution in [2.45, 2.75) is 39.2 Å². The van der Waals surface area contributed by atoms with Crippen molar-refractivity contribution in [3.8, 4) is 0 Å². The third kappa shape index (κ3) is 3.97. The van der Waals surface area contributed by atoms with Gasteiger partial charge in [0.15, 0.2) is 4.67 Å². The molecule has 1 aromatic rings. The molecule has 0 saturated heterocycles. The normalized spacial score (nSPS) is 15.2. The summed E-state index contributed by atoms with van der Waals surface area (Å²) in [7, 11) is 0. The second kappa shape index (κ2) is 6.30. The van der Waals surface area contributed by atoms with E-state index in [0.29, 0.717) is 5.92 Å². The highest BCUT2D eigenvalue weighted by atomic mass is 79.9. The molecule has 1 heterocycles. The first-order valence-corrected chi connectivity index (χ1v) is 6.18. The van der Waals surface area contributed by atoms with Gasteiger partial charge in [-0.2, -0.15) is 0 Å². The lowest BCUT2D eigenvalue weighted by atomic mass is 9.96. The minimum Gasteiger partial charge on any atom is -0.453 e. The van der Waals surface area contributed by atoms with E-state index in [0.717, 1.165) is 16.9 Å². The summed E-state index contributed by atoms with van der Waals surface area (Å²) in [6, 6.07) is 3.95. The van der Waals surface area contributed by atoms with E-state index < -0.39 is 0 Å². The number of furan rings is 1. The van der Waals surface area contributed by atoms with Gasteiger partial charge in [-0.3, -0.25) is 5.84 Å². The molecule has 15 heavy (non-hydrogen) atoms. The Morgan fingerprint density at radius 3 is 2.73 bits per heavy atom. The standard InChI is InChI=1S/C11H19BrN2O/c1-3-4-8(2)7-9(14-13)10-5-6-11(12)15-10/h5-6,8-9,14H,3-4,7,13H2,1-2H3. The Kier molecular flexibility index (Phi) is 5.36. The number of hydrazine groups is 1. The first kappa shape index (κ1) is 12.7. The molecule has 0 radical (unpaired) electrons. The van der Waals surface area contributed by atoms with Crippen LogP contribution in [0.4, 0.5) is 0 Å². The average Bonchev–Trinajstić information content (AvgIpc) is 2.61. The molecule has 0 aromatic carbocycles. The molecule has 4 heteroatoms. The van der Waals surface area contributed by atoms with Crippen LogP contribution in [0, 0.1) is 5.92 Å². The second-order valence-electron chi connectivity index (χ2n) is 3.99. The molecule has 0 spiro atoms. The molecule has 0 saturated carbocycles. The molecule has 3 N–H and O–H groups in total. The fourth-order valence-corrected chi connectivity index (χ4v) is 2.11. The van der Waals surface area contributed by atoms with Crippen LogP contribution in [-0.4, -0.2) is 0 Å². The summed E-state index contributed by atoms with van der Waals surface area (Å²) in [5, 5.41) is 0. The first-order chi connectivity index (χ1) is 7.17. The van der Waals surface area contributed by atoms with Gasteiger partial charge in [0.25, 0.3) is 0 Å². The number of hydrogen-bond acceptors (Lipinski definition) is 3. The Hall–Kier alpha value is -0.320. The topological polar surface area (TPSA) is 51.2 Å². The Morgan fingerprint density at radius 1 is 1.53 bits per heavy atom. The van der Waals surface area contributed by atoms with E-state index in [1.807, 2.05) is 12.1 Å². The van der Waals surface area contributed by atoms with Gasteiger partial charge in [0.2, 0.25) is 0 Å². The predicted octanol–water partition coefficient (Wildman–Crippen LogP) is 3.37. The van der Waals surface area contributed by atoms with Crippen molar-refractivity contribution in [1.29, 1.82) is 0 Å². The van der Waals surface area contributed by atoms with Crippen molar-refractivity contribution < 1.29 is 4.42 Å².